The van der Waals surface area contributed by atoms with Gasteiger partial charge < -0.3 is 0 Å². The summed E-state index contributed by atoms with van der Waals surface area (Å²) < 4.78 is 0. The third-order valence-electron chi connectivity index (χ3n) is 4.94. The van der Waals surface area contributed by atoms with E-state index in [1.807, 2.05) is 6.92 Å². The largest absolute Gasteiger partial charge is 0.300 e. The van der Waals surface area contributed by atoms with Gasteiger partial charge in [-0.05, 0) is 62.0 Å². The molecule has 0 amide bonds. The van der Waals surface area contributed by atoms with Gasteiger partial charge in [0.15, 0.2) is 5.78 Å². The molecule has 0 spiro atoms. The van der Waals surface area contributed by atoms with E-state index in [4.69, 9.17) is 0 Å². The van der Waals surface area contributed by atoms with Gasteiger partial charge >= 0.3 is 0 Å². The maximum Gasteiger partial charge on any atom is 0.159 e. The van der Waals surface area contributed by atoms with Crippen molar-refractivity contribution >= 4 is 63.7 Å². The van der Waals surface area contributed by atoms with Crippen LogP contribution < -0.4 is 0 Å². The number of hydrogen-bond acceptors (Lipinski definition) is 2. The number of Topliss-reactive ketones (excluding diaryl/α,β-unsaturated/α-hetero) is 2. The molecular weight excluding hydrogens is 360 g/mol. The average Bonchev–Trinajstić information content (AvgIpc) is 3.00. The molecule has 0 aromatic rings. The van der Waals surface area contributed by atoms with Crippen molar-refractivity contribution in [2.45, 2.75) is 74.1 Å². The third kappa shape index (κ3) is 15.1. The Balaban J connectivity index is -0.000000382. The Kier molecular flexibility index (Phi) is 17.7. The highest BCUT2D eigenvalue weighted by Crippen LogP contribution is 2.33. The van der Waals surface area contributed by atoms with Gasteiger partial charge in [0.1, 0.15) is 5.78 Å². The topological polar surface area (TPSA) is 34.1 Å². The zero-order chi connectivity index (χ0) is 24.0. The molecule has 30 heavy (non-hydrogen) atoms. The van der Waals surface area contributed by atoms with Crippen LogP contribution in [0.4, 0.5) is 0 Å². The van der Waals surface area contributed by atoms with Crippen LogP contribution in [0.25, 0.3) is 0 Å². The molecule has 153 valence electrons. The second-order valence-electron chi connectivity index (χ2n) is 8.91. The molecule has 0 aromatic heterocycles. The maximum atomic E-state index is 11.3. The second-order valence-corrected chi connectivity index (χ2v) is 8.91. The van der Waals surface area contributed by atoms with Crippen molar-refractivity contribution in [2.75, 3.05) is 0 Å². The first-order chi connectivity index (χ1) is 13.8. The van der Waals surface area contributed by atoms with E-state index < -0.39 is 6.39 Å². The molecule has 1 saturated carbocycles. The van der Waals surface area contributed by atoms with Gasteiger partial charge in [-0.3, -0.25) is 9.59 Å². The summed E-state index contributed by atoms with van der Waals surface area (Å²) in [6.07, 6.45) is 5.07. The zero-order valence-corrected chi connectivity index (χ0v) is 20.1. The molecule has 0 saturated heterocycles. The van der Waals surface area contributed by atoms with Crippen LogP contribution in [0, 0.1) is 23.7 Å². The van der Waals surface area contributed by atoms with Gasteiger partial charge in [0.05, 0.1) is 0 Å². The SMILES string of the molecule is CC(C)=CC1=C(C)C(=O)CC1C.CC(C)CC1CC(=O)CC1C.[B]B([B])[B].[B][B][B].[HH]. The highest BCUT2D eigenvalue weighted by Gasteiger charge is 2.29. The minimum absolute atomic E-state index is 0. The van der Waals surface area contributed by atoms with Crippen molar-refractivity contribution in [3.8, 4) is 0 Å². The fourth-order valence-corrected chi connectivity index (χ4v) is 3.66. The first-order valence-electron chi connectivity index (χ1n) is 10.7. The number of carbonyl (C=O) groups is 2. The first kappa shape index (κ1) is 31.5. The number of carbonyl (C=O) groups excluding carboxylic acids is 2. The number of rotatable bonds is 3. The van der Waals surface area contributed by atoms with Crippen molar-refractivity contribution < 1.29 is 11.0 Å². The van der Waals surface area contributed by atoms with Gasteiger partial charge in [-0.25, -0.2) is 0 Å². The lowest BCUT2D eigenvalue weighted by molar-refractivity contribution is -0.118. The van der Waals surface area contributed by atoms with Gasteiger partial charge in [0.2, 0.25) is 0 Å². The van der Waals surface area contributed by atoms with Crippen molar-refractivity contribution in [1.82, 2.24) is 0 Å². The van der Waals surface area contributed by atoms with E-state index in [9.17, 15) is 9.59 Å². The summed E-state index contributed by atoms with van der Waals surface area (Å²) in [5.41, 5.74) is 3.47. The molecule has 3 atom stereocenters. The lowest BCUT2D eigenvalue weighted by atomic mass is 9.08. The predicted molar refractivity (Wildman–Crippen MR) is 140 cm³/mol. The molecule has 0 aliphatic heterocycles. The molecule has 0 aromatic carbocycles. The molecule has 2 nitrogen and oxygen atoms in total. The molecule has 0 bridgehead atoms. The quantitative estimate of drug-likeness (QED) is 0.688. The van der Waals surface area contributed by atoms with Gasteiger partial charge in [0.25, 0.3) is 0 Å². The van der Waals surface area contributed by atoms with Crippen LogP contribution >= 0.6 is 0 Å². The van der Waals surface area contributed by atoms with E-state index >= 15 is 0 Å². The van der Waals surface area contributed by atoms with Crippen LogP contribution in [0.15, 0.2) is 22.8 Å². The Morgan fingerprint density at radius 3 is 1.87 bits per heavy atom. The fourth-order valence-electron chi connectivity index (χ4n) is 3.66. The van der Waals surface area contributed by atoms with E-state index in [2.05, 4.69) is 86.3 Å². The van der Waals surface area contributed by atoms with E-state index in [0.29, 0.717) is 35.7 Å². The van der Waals surface area contributed by atoms with Crippen LogP contribution in [-0.4, -0.2) is 63.7 Å². The van der Waals surface area contributed by atoms with E-state index in [1.165, 1.54) is 17.6 Å². The van der Waals surface area contributed by atoms with Crippen molar-refractivity contribution in [3.05, 3.63) is 22.8 Å². The van der Waals surface area contributed by atoms with E-state index in [-0.39, 0.29) is 1.43 Å². The molecular formula is C21H36B7O2. The van der Waals surface area contributed by atoms with E-state index in [1.54, 1.807) is 0 Å². The Hall–Kier alpha value is -0.725. The molecule has 0 N–H and O–H groups in total. The highest BCUT2D eigenvalue weighted by atomic mass is 16.1. The molecule has 9 heteroatoms. The lowest BCUT2D eigenvalue weighted by Crippen LogP contribution is -2.11. The van der Waals surface area contributed by atoms with Crippen LogP contribution in [0.1, 0.15) is 75.6 Å². The second kappa shape index (κ2) is 16.9. The highest BCUT2D eigenvalue weighted by molar-refractivity contribution is 7.49. The smallest absolute Gasteiger partial charge is 0.159 e. The predicted octanol–water partition coefficient (Wildman–Crippen LogP) is 3.11. The van der Waals surface area contributed by atoms with Gasteiger partial charge in [-0.15, -0.1) is 0 Å². The normalized spacial score (nSPS) is 22.2. The fraction of sp³-hybridized carbons (Fsp3) is 0.714. The Morgan fingerprint density at radius 1 is 1.13 bits per heavy atom. The van der Waals surface area contributed by atoms with Gasteiger partial charge in [0, 0.05) is 72.8 Å². The summed E-state index contributed by atoms with van der Waals surface area (Å²) in [6.45, 7) is 14.8. The maximum absolute atomic E-state index is 11.3. The monoisotopic (exact) mass is 397 g/mol. The third-order valence-corrected chi connectivity index (χ3v) is 4.94. The first-order valence-corrected chi connectivity index (χ1v) is 10.7. The van der Waals surface area contributed by atoms with Crippen LogP contribution in [0.3, 0.4) is 0 Å². The zero-order valence-electron chi connectivity index (χ0n) is 20.1. The van der Waals surface area contributed by atoms with Gasteiger partial charge in [-0.2, -0.15) is 0 Å². The molecule has 2 aliphatic rings. The summed E-state index contributed by atoms with van der Waals surface area (Å²) >= 11 is 0. The lowest BCUT2D eigenvalue weighted by Gasteiger charge is -2.15. The van der Waals surface area contributed by atoms with Crippen molar-refractivity contribution in [1.29, 1.82) is 0 Å². The standard InChI is InChI=1S/C11H16O.C10H18O.B4.B3.H2/c1-7(2)5-10-8(3)6-11(12)9(10)4;1-7(2)4-9-6-10(11)5-8(9)3;1-4(2)3;1-3-2;/h5,8H,6H2,1-4H3;7-9H,4-6H2,1-3H3;;;1H. The number of ketones is 2. The van der Waals surface area contributed by atoms with E-state index in [0.717, 1.165) is 31.4 Å². The minimum atomic E-state index is -0.667. The molecule has 2 aliphatic carbocycles. The molecule has 3 unspecified atom stereocenters. The molecule has 2 rings (SSSR count). The van der Waals surface area contributed by atoms with Crippen molar-refractivity contribution in [3.63, 3.8) is 0 Å². The number of hydrogen-bond donors (Lipinski definition) is 0. The summed E-state index contributed by atoms with van der Waals surface area (Å²) in [5, 5.41) is 0. The Morgan fingerprint density at radius 2 is 1.60 bits per heavy atom. The molecule has 0 heterocycles. The van der Waals surface area contributed by atoms with Gasteiger partial charge in [-0.1, -0.05) is 39.3 Å². The summed E-state index contributed by atoms with van der Waals surface area (Å²) in [7, 11) is 24.0. The Labute approximate surface area is 195 Å². The van der Waals surface area contributed by atoms with Crippen LogP contribution in [0.2, 0.25) is 0 Å². The summed E-state index contributed by atoms with van der Waals surface area (Å²) in [6, 6.07) is 0. The molecule has 11 radical (unpaired) electrons. The minimum Gasteiger partial charge on any atom is -0.300 e. The summed E-state index contributed by atoms with van der Waals surface area (Å²) in [5.74, 6) is 3.28. The average molecular weight is 396 g/mol. The van der Waals surface area contributed by atoms with Crippen LogP contribution in [0.5, 0.6) is 0 Å². The summed E-state index contributed by atoms with van der Waals surface area (Å²) in [4.78, 5) is 22.3. The molecule has 1 fully saturated rings. The number of allylic oxidation sites excluding steroid dienone is 4. The van der Waals surface area contributed by atoms with Crippen LogP contribution in [-0.2, 0) is 9.59 Å². The Bertz CT molecular complexity index is 586. The van der Waals surface area contributed by atoms with Crippen molar-refractivity contribution in [2.24, 2.45) is 23.7 Å².